The standard InChI is InChI=1S/C20H21N3O3S2/c1-23(2)20(25)26-11-14-3-5-15-16(10-21)19(28-17(15)9-14)22-18(24)6-4-13-7-8-27-12-13/h4,6-8,12,14H,3,5,9,11H2,1-2H3,(H,22,24)/b6-4+. The van der Waals surface area contributed by atoms with E-state index in [2.05, 4.69) is 11.4 Å². The molecule has 1 aliphatic carbocycles. The third-order valence-corrected chi connectivity index (χ3v) is 6.37. The van der Waals surface area contributed by atoms with Crippen LogP contribution >= 0.6 is 22.7 Å². The summed E-state index contributed by atoms with van der Waals surface area (Å²) in [5.41, 5.74) is 2.54. The van der Waals surface area contributed by atoms with Crippen LogP contribution in [0.15, 0.2) is 22.9 Å². The first-order chi connectivity index (χ1) is 13.5. The maximum atomic E-state index is 12.2. The van der Waals surface area contributed by atoms with Gasteiger partial charge in [0.25, 0.3) is 0 Å². The molecule has 0 spiro atoms. The van der Waals surface area contributed by atoms with Gasteiger partial charge in [0.1, 0.15) is 11.1 Å². The molecule has 1 atom stereocenters. The number of nitrogens with zero attached hydrogens (tertiary/aromatic N) is 2. The number of nitriles is 1. The quantitative estimate of drug-likeness (QED) is 0.744. The van der Waals surface area contributed by atoms with Gasteiger partial charge in [-0.3, -0.25) is 4.79 Å². The number of rotatable bonds is 5. The molecule has 0 bridgehead atoms. The van der Waals surface area contributed by atoms with Gasteiger partial charge in [-0.1, -0.05) is 0 Å². The number of nitrogens with one attached hydrogen (secondary N) is 1. The highest BCUT2D eigenvalue weighted by Gasteiger charge is 2.27. The highest BCUT2D eigenvalue weighted by Crippen LogP contribution is 2.39. The molecule has 2 heterocycles. The van der Waals surface area contributed by atoms with Crippen molar-refractivity contribution in [1.82, 2.24) is 4.90 Å². The van der Waals surface area contributed by atoms with Crippen LogP contribution < -0.4 is 5.32 Å². The van der Waals surface area contributed by atoms with Gasteiger partial charge in [0.2, 0.25) is 5.91 Å². The molecular weight excluding hydrogens is 394 g/mol. The van der Waals surface area contributed by atoms with E-state index in [1.54, 1.807) is 31.5 Å². The van der Waals surface area contributed by atoms with E-state index >= 15 is 0 Å². The number of amides is 2. The summed E-state index contributed by atoms with van der Waals surface area (Å²) in [6.45, 7) is 0.362. The molecule has 0 fully saturated rings. The lowest BCUT2D eigenvalue weighted by atomic mass is 9.88. The van der Waals surface area contributed by atoms with Crippen LogP contribution in [0.5, 0.6) is 0 Å². The smallest absolute Gasteiger partial charge is 0.409 e. The van der Waals surface area contributed by atoms with Crippen molar-refractivity contribution in [3.05, 3.63) is 44.5 Å². The second-order valence-electron chi connectivity index (χ2n) is 6.78. The van der Waals surface area contributed by atoms with Gasteiger partial charge in [-0.25, -0.2) is 4.79 Å². The van der Waals surface area contributed by atoms with Crippen LogP contribution in [0.25, 0.3) is 6.08 Å². The summed E-state index contributed by atoms with van der Waals surface area (Å²) in [6.07, 6.45) is 5.23. The van der Waals surface area contributed by atoms with Gasteiger partial charge in [-0.05, 0) is 59.2 Å². The number of thiophene rings is 2. The lowest BCUT2D eigenvalue weighted by molar-refractivity contribution is -0.111. The summed E-state index contributed by atoms with van der Waals surface area (Å²) in [6, 6.07) is 4.17. The predicted octanol–water partition coefficient (Wildman–Crippen LogP) is 4.14. The molecular formula is C20H21N3O3S2. The fourth-order valence-corrected chi connectivity index (χ4v) is 4.96. The molecule has 0 aliphatic heterocycles. The number of fused-ring (bicyclic) bond motifs is 1. The summed E-state index contributed by atoms with van der Waals surface area (Å²) < 4.78 is 5.30. The Morgan fingerprint density at radius 2 is 2.29 bits per heavy atom. The molecule has 8 heteroatoms. The first kappa shape index (κ1) is 20.1. The summed E-state index contributed by atoms with van der Waals surface area (Å²) in [5, 5.41) is 16.9. The van der Waals surface area contributed by atoms with Crippen LogP contribution in [0.1, 0.15) is 28.0 Å². The Hall–Kier alpha value is -2.63. The molecule has 0 radical (unpaired) electrons. The van der Waals surface area contributed by atoms with Crippen molar-refractivity contribution < 1.29 is 14.3 Å². The summed E-state index contributed by atoms with van der Waals surface area (Å²) in [4.78, 5) is 26.3. The Morgan fingerprint density at radius 1 is 1.46 bits per heavy atom. The van der Waals surface area contributed by atoms with Gasteiger partial charge >= 0.3 is 6.09 Å². The second-order valence-corrected chi connectivity index (χ2v) is 8.66. The van der Waals surface area contributed by atoms with Crippen molar-refractivity contribution in [2.45, 2.75) is 19.3 Å². The molecule has 3 rings (SSSR count). The summed E-state index contributed by atoms with van der Waals surface area (Å²) in [5.74, 6) is -0.0265. The molecule has 6 nitrogen and oxygen atoms in total. The van der Waals surface area contributed by atoms with Crippen molar-refractivity contribution in [3.8, 4) is 6.07 Å². The van der Waals surface area contributed by atoms with Gasteiger partial charge in [-0.15, -0.1) is 11.3 Å². The molecule has 0 aromatic carbocycles. The van der Waals surface area contributed by atoms with Crippen molar-refractivity contribution in [2.24, 2.45) is 5.92 Å². The van der Waals surface area contributed by atoms with E-state index in [-0.39, 0.29) is 17.9 Å². The number of hydrogen-bond donors (Lipinski definition) is 1. The Labute approximate surface area is 172 Å². The third kappa shape index (κ3) is 4.80. The maximum absolute atomic E-state index is 12.2. The molecule has 146 valence electrons. The molecule has 2 aromatic rings. The van der Waals surface area contributed by atoms with Crippen LogP contribution in [0.4, 0.5) is 9.80 Å². The lowest BCUT2D eigenvalue weighted by Crippen LogP contribution is -2.27. The highest BCUT2D eigenvalue weighted by molar-refractivity contribution is 7.16. The van der Waals surface area contributed by atoms with Crippen LogP contribution in [-0.4, -0.2) is 37.6 Å². The average Bonchev–Trinajstić information content (AvgIpc) is 3.31. The molecule has 1 aliphatic rings. The average molecular weight is 416 g/mol. The second kappa shape index (κ2) is 9.04. The number of ether oxygens (including phenoxy) is 1. The van der Waals surface area contributed by atoms with Crippen molar-refractivity contribution in [3.63, 3.8) is 0 Å². The van der Waals surface area contributed by atoms with Crippen molar-refractivity contribution in [2.75, 3.05) is 26.0 Å². The number of carbonyl (C=O) groups is 2. The number of anilines is 1. The molecule has 1 unspecified atom stereocenters. The van der Waals surface area contributed by atoms with Gasteiger partial charge in [0, 0.05) is 25.0 Å². The van der Waals surface area contributed by atoms with Gasteiger partial charge in [-0.2, -0.15) is 16.6 Å². The Balaban J connectivity index is 1.66. The van der Waals surface area contributed by atoms with Crippen molar-refractivity contribution in [1.29, 1.82) is 5.26 Å². The Kier molecular flexibility index (Phi) is 6.49. The van der Waals surface area contributed by atoms with E-state index in [4.69, 9.17) is 4.74 Å². The molecule has 1 N–H and O–H groups in total. The molecule has 2 amide bonds. The SMILES string of the molecule is CN(C)C(=O)OCC1CCc2c(sc(NC(=O)/C=C/c3ccsc3)c2C#N)C1. The van der Waals surface area contributed by atoms with E-state index in [0.717, 1.165) is 35.3 Å². The topological polar surface area (TPSA) is 82.4 Å². The van der Waals surface area contributed by atoms with Gasteiger partial charge < -0.3 is 15.0 Å². The number of hydrogen-bond acceptors (Lipinski definition) is 6. The lowest BCUT2D eigenvalue weighted by Gasteiger charge is -2.22. The van der Waals surface area contributed by atoms with E-state index in [0.29, 0.717) is 17.2 Å². The minimum Gasteiger partial charge on any atom is -0.449 e. The van der Waals surface area contributed by atoms with Crippen LogP contribution in [0.2, 0.25) is 0 Å². The maximum Gasteiger partial charge on any atom is 0.409 e. The number of carbonyl (C=O) groups excluding carboxylic acids is 2. The monoisotopic (exact) mass is 415 g/mol. The fourth-order valence-electron chi connectivity index (χ4n) is 3.02. The first-order valence-corrected chi connectivity index (χ1v) is 10.6. The predicted molar refractivity (Wildman–Crippen MR) is 112 cm³/mol. The van der Waals surface area contributed by atoms with Crippen molar-refractivity contribution >= 4 is 45.8 Å². The van der Waals surface area contributed by atoms with Crippen LogP contribution in [-0.2, 0) is 22.4 Å². The van der Waals surface area contributed by atoms with Gasteiger partial charge in [0.15, 0.2) is 0 Å². The molecule has 2 aromatic heterocycles. The zero-order valence-corrected chi connectivity index (χ0v) is 17.4. The van der Waals surface area contributed by atoms with Crippen LogP contribution in [0.3, 0.4) is 0 Å². The van der Waals surface area contributed by atoms with E-state index in [1.807, 2.05) is 16.8 Å². The molecule has 0 saturated carbocycles. The largest absolute Gasteiger partial charge is 0.449 e. The summed E-state index contributed by atoms with van der Waals surface area (Å²) in [7, 11) is 3.31. The molecule has 0 saturated heterocycles. The normalized spacial score (nSPS) is 15.7. The minimum atomic E-state index is -0.347. The summed E-state index contributed by atoms with van der Waals surface area (Å²) >= 11 is 3.01. The minimum absolute atomic E-state index is 0.226. The van der Waals surface area contributed by atoms with E-state index < -0.39 is 0 Å². The van der Waals surface area contributed by atoms with Gasteiger partial charge in [0.05, 0.1) is 12.2 Å². The Bertz CT molecular complexity index is 923. The van der Waals surface area contributed by atoms with E-state index in [1.165, 1.54) is 22.3 Å². The van der Waals surface area contributed by atoms with Crippen LogP contribution in [0, 0.1) is 17.2 Å². The third-order valence-electron chi connectivity index (χ3n) is 4.49. The zero-order chi connectivity index (χ0) is 20.1. The fraction of sp³-hybridized carbons (Fsp3) is 0.350. The van der Waals surface area contributed by atoms with E-state index in [9.17, 15) is 14.9 Å². The zero-order valence-electron chi connectivity index (χ0n) is 15.7. The highest BCUT2D eigenvalue weighted by atomic mass is 32.1. The first-order valence-electron chi connectivity index (χ1n) is 8.88. The Morgan fingerprint density at radius 3 is 2.96 bits per heavy atom. The molecule has 28 heavy (non-hydrogen) atoms.